The van der Waals surface area contributed by atoms with Gasteiger partial charge in [0.15, 0.2) is 0 Å². The molecule has 0 aliphatic carbocycles. The first-order valence-electron chi connectivity index (χ1n) is 5.79. The summed E-state index contributed by atoms with van der Waals surface area (Å²) in [7, 11) is 0. The molecule has 104 valence electrons. The molecule has 0 bridgehead atoms. The van der Waals surface area contributed by atoms with Crippen LogP contribution in [0, 0.1) is 6.92 Å². The van der Waals surface area contributed by atoms with Crippen LogP contribution in [0.15, 0.2) is 18.2 Å². The number of rotatable bonds is 6. The van der Waals surface area contributed by atoms with Gasteiger partial charge in [-0.2, -0.15) is 0 Å². The monoisotopic (exact) mass is 293 g/mol. The Morgan fingerprint density at radius 1 is 1.39 bits per heavy atom. The maximum absolute atomic E-state index is 9.69. The second-order valence-electron chi connectivity index (χ2n) is 4.44. The van der Waals surface area contributed by atoms with E-state index in [-0.39, 0.29) is 19.0 Å². The van der Waals surface area contributed by atoms with Crippen LogP contribution < -0.4 is 10.1 Å². The molecule has 1 atom stereocenters. The molecule has 1 rings (SSSR count). The second kappa shape index (κ2) is 8.59. The molecule has 0 heterocycles. The van der Waals surface area contributed by atoms with Crippen molar-refractivity contribution in [2.75, 3.05) is 13.2 Å². The molecule has 0 aliphatic heterocycles. The van der Waals surface area contributed by atoms with E-state index in [9.17, 15) is 5.11 Å². The second-order valence-corrected chi connectivity index (χ2v) is 4.87. The molecule has 0 amide bonds. The van der Waals surface area contributed by atoms with Gasteiger partial charge in [0.1, 0.15) is 18.5 Å². The van der Waals surface area contributed by atoms with E-state index in [0.29, 0.717) is 17.6 Å². The van der Waals surface area contributed by atoms with Crippen molar-refractivity contribution in [3.8, 4) is 5.75 Å². The first-order chi connectivity index (χ1) is 7.99. The van der Waals surface area contributed by atoms with Crippen LogP contribution in [0.5, 0.6) is 5.75 Å². The number of aryl methyl sites for hydroxylation is 1. The Labute approximate surface area is 120 Å². The topological polar surface area (TPSA) is 41.5 Å². The zero-order chi connectivity index (χ0) is 12.8. The van der Waals surface area contributed by atoms with E-state index < -0.39 is 6.10 Å². The third-order valence-corrected chi connectivity index (χ3v) is 2.57. The van der Waals surface area contributed by atoms with Gasteiger partial charge in [0, 0.05) is 17.6 Å². The number of benzene rings is 1. The molecule has 5 heteroatoms. The van der Waals surface area contributed by atoms with E-state index >= 15 is 0 Å². The van der Waals surface area contributed by atoms with E-state index in [1.54, 1.807) is 6.07 Å². The first-order valence-corrected chi connectivity index (χ1v) is 6.17. The molecule has 3 nitrogen and oxygen atoms in total. The summed E-state index contributed by atoms with van der Waals surface area (Å²) in [5.41, 5.74) is 0.974. The molecule has 2 N–H and O–H groups in total. The molecule has 0 aliphatic rings. The van der Waals surface area contributed by atoms with Gasteiger partial charge in [-0.1, -0.05) is 25.4 Å². The molecular weight excluding hydrogens is 273 g/mol. The van der Waals surface area contributed by atoms with Crippen LogP contribution in [0.4, 0.5) is 0 Å². The van der Waals surface area contributed by atoms with Gasteiger partial charge >= 0.3 is 0 Å². The minimum Gasteiger partial charge on any atom is -0.491 e. The quantitative estimate of drug-likeness (QED) is 0.847. The van der Waals surface area contributed by atoms with Crippen molar-refractivity contribution < 1.29 is 9.84 Å². The lowest BCUT2D eigenvalue weighted by atomic mass is 10.2. The van der Waals surface area contributed by atoms with Crippen LogP contribution in [0.3, 0.4) is 0 Å². The Morgan fingerprint density at radius 3 is 2.61 bits per heavy atom. The van der Waals surface area contributed by atoms with Gasteiger partial charge in [0.25, 0.3) is 0 Å². The average Bonchev–Trinajstić information content (AvgIpc) is 2.25. The van der Waals surface area contributed by atoms with E-state index in [2.05, 4.69) is 5.32 Å². The lowest BCUT2D eigenvalue weighted by Gasteiger charge is -2.16. The summed E-state index contributed by atoms with van der Waals surface area (Å²) in [6.45, 7) is 6.82. The van der Waals surface area contributed by atoms with Gasteiger partial charge in [-0.25, -0.2) is 0 Å². The maximum Gasteiger partial charge on any atom is 0.122 e. The predicted octanol–water partition coefficient (Wildman–Crippen LogP) is 2.81. The average molecular weight is 294 g/mol. The Kier molecular flexibility index (Phi) is 8.36. The summed E-state index contributed by atoms with van der Waals surface area (Å²) < 4.78 is 5.54. The number of hydrogen-bond acceptors (Lipinski definition) is 3. The summed E-state index contributed by atoms with van der Waals surface area (Å²) in [5.74, 6) is 0.762. The van der Waals surface area contributed by atoms with Crippen molar-refractivity contribution in [2.45, 2.75) is 32.9 Å². The van der Waals surface area contributed by atoms with E-state index in [1.807, 2.05) is 32.9 Å². The minimum atomic E-state index is -0.507. The number of halogens is 2. The van der Waals surface area contributed by atoms with E-state index in [1.165, 1.54) is 0 Å². The fourth-order valence-electron chi connectivity index (χ4n) is 1.39. The molecule has 0 spiro atoms. The van der Waals surface area contributed by atoms with Crippen LogP contribution in [-0.2, 0) is 0 Å². The van der Waals surface area contributed by atoms with Crippen LogP contribution in [0.25, 0.3) is 0 Å². The van der Waals surface area contributed by atoms with Crippen molar-refractivity contribution in [3.05, 3.63) is 28.8 Å². The molecule has 0 radical (unpaired) electrons. The van der Waals surface area contributed by atoms with Crippen molar-refractivity contribution in [2.24, 2.45) is 0 Å². The largest absolute Gasteiger partial charge is 0.491 e. The van der Waals surface area contributed by atoms with Crippen LogP contribution in [0.1, 0.15) is 19.4 Å². The Balaban J connectivity index is 0.00000289. The summed E-state index contributed by atoms with van der Waals surface area (Å²) in [6.07, 6.45) is -0.507. The molecule has 1 unspecified atom stereocenters. The number of hydrogen-bond donors (Lipinski definition) is 2. The molecule has 0 fully saturated rings. The lowest BCUT2D eigenvalue weighted by molar-refractivity contribution is 0.104. The molecule has 0 saturated carbocycles. The highest BCUT2D eigenvalue weighted by Gasteiger charge is 2.07. The van der Waals surface area contributed by atoms with Crippen LogP contribution in [-0.4, -0.2) is 30.4 Å². The highest BCUT2D eigenvalue weighted by molar-refractivity contribution is 6.30. The maximum atomic E-state index is 9.69. The predicted molar refractivity (Wildman–Crippen MR) is 78.1 cm³/mol. The van der Waals surface area contributed by atoms with Crippen molar-refractivity contribution in [1.82, 2.24) is 5.32 Å². The molecule has 18 heavy (non-hydrogen) atoms. The standard InChI is InChI=1S/C13H20ClNO2.ClH/c1-9(2)15-7-12(16)8-17-13-5-4-11(14)6-10(13)3;/h4-6,9,12,15-16H,7-8H2,1-3H3;1H. The zero-order valence-electron chi connectivity index (χ0n) is 10.9. The third kappa shape index (κ3) is 6.45. The summed E-state index contributed by atoms with van der Waals surface area (Å²) >= 11 is 5.85. The zero-order valence-corrected chi connectivity index (χ0v) is 12.5. The lowest BCUT2D eigenvalue weighted by Crippen LogP contribution is -2.35. The van der Waals surface area contributed by atoms with Gasteiger partial charge < -0.3 is 15.2 Å². The van der Waals surface area contributed by atoms with Crippen LogP contribution >= 0.6 is 24.0 Å². The molecule has 0 aromatic heterocycles. The van der Waals surface area contributed by atoms with Crippen LogP contribution in [0.2, 0.25) is 5.02 Å². The highest BCUT2D eigenvalue weighted by atomic mass is 35.5. The van der Waals surface area contributed by atoms with Gasteiger partial charge in [-0.3, -0.25) is 0 Å². The fourth-order valence-corrected chi connectivity index (χ4v) is 1.62. The van der Waals surface area contributed by atoms with Crippen molar-refractivity contribution in [3.63, 3.8) is 0 Å². The Bertz CT molecular complexity index is 359. The number of aliphatic hydroxyl groups is 1. The van der Waals surface area contributed by atoms with Gasteiger partial charge in [0.05, 0.1) is 0 Å². The smallest absolute Gasteiger partial charge is 0.122 e. The minimum absolute atomic E-state index is 0. The van der Waals surface area contributed by atoms with Gasteiger partial charge in [0.2, 0.25) is 0 Å². The number of nitrogens with one attached hydrogen (secondary N) is 1. The van der Waals surface area contributed by atoms with Crippen molar-refractivity contribution >= 4 is 24.0 Å². The van der Waals surface area contributed by atoms with E-state index in [4.69, 9.17) is 16.3 Å². The summed E-state index contributed by atoms with van der Waals surface area (Å²) in [5, 5.41) is 13.5. The van der Waals surface area contributed by atoms with Crippen molar-refractivity contribution in [1.29, 1.82) is 0 Å². The fraction of sp³-hybridized carbons (Fsp3) is 0.538. The first kappa shape index (κ1) is 17.5. The number of aliphatic hydroxyl groups excluding tert-OH is 1. The number of ether oxygens (including phenoxy) is 1. The van der Waals surface area contributed by atoms with E-state index in [0.717, 1.165) is 11.3 Å². The molecule has 1 aromatic rings. The normalized spacial score (nSPS) is 12.1. The SMILES string of the molecule is Cc1cc(Cl)ccc1OCC(O)CNC(C)C.Cl. The Hall–Kier alpha value is -0.480. The molecular formula is C13H21Cl2NO2. The summed E-state index contributed by atoms with van der Waals surface area (Å²) in [6, 6.07) is 5.81. The highest BCUT2D eigenvalue weighted by Crippen LogP contribution is 2.21. The summed E-state index contributed by atoms with van der Waals surface area (Å²) in [4.78, 5) is 0. The van der Waals surface area contributed by atoms with Gasteiger partial charge in [-0.15, -0.1) is 12.4 Å². The molecule has 1 aromatic carbocycles. The Morgan fingerprint density at radius 2 is 2.06 bits per heavy atom. The molecule has 0 saturated heterocycles. The third-order valence-electron chi connectivity index (χ3n) is 2.33. The van der Waals surface area contributed by atoms with Gasteiger partial charge in [-0.05, 0) is 30.7 Å².